The van der Waals surface area contributed by atoms with Crippen molar-refractivity contribution >= 4 is 40.5 Å². The van der Waals surface area contributed by atoms with Gasteiger partial charge < -0.3 is 10.4 Å². The number of nitrogens with zero attached hydrogens (tertiary/aromatic N) is 3. The molecule has 0 amide bonds. The van der Waals surface area contributed by atoms with E-state index in [-0.39, 0.29) is 5.75 Å². The molecule has 2 heterocycles. The average Bonchev–Trinajstić information content (AvgIpc) is 2.92. The van der Waals surface area contributed by atoms with E-state index < -0.39 is 0 Å². The second-order valence-electron chi connectivity index (χ2n) is 7.07. The molecule has 3 aromatic carbocycles. The molecule has 31 heavy (non-hydrogen) atoms. The largest absolute Gasteiger partial charge is 0.508 e. The lowest BCUT2D eigenvalue weighted by molar-refractivity contribution is 0.475. The molecule has 0 saturated heterocycles. The number of aromatic nitrogens is 2. The Morgan fingerprint density at radius 1 is 0.871 bits per heavy atom. The molecule has 0 bridgehead atoms. The topological polar surface area (TPSA) is 70.4 Å². The highest BCUT2D eigenvalue weighted by molar-refractivity contribution is 6.36. The van der Waals surface area contributed by atoms with Crippen LogP contribution in [0.4, 0.5) is 11.6 Å². The molecule has 0 saturated carbocycles. The highest BCUT2D eigenvalue weighted by atomic mass is 35.5. The molecule has 0 fully saturated rings. The zero-order chi connectivity index (χ0) is 21.4. The van der Waals surface area contributed by atoms with Gasteiger partial charge in [-0.05, 0) is 42.5 Å². The summed E-state index contributed by atoms with van der Waals surface area (Å²) < 4.78 is 0. The fourth-order valence-electron chi connectivity index (χ4n) is 3.54. The SMILES string of the molecule is Oc1ccc(Nc2ncc3c(n2)-c2ccc(Cl)cc2C(c2ccccc2Cl)=NC3)cc1. The quantitative estimate of drug-likeness (QED) is 0.364. The Morgan fingerprint density at radius 2 is 1.68 bits per heavy atom. The zero-order valence-corrected chi connectivity index (χ0v) is 17.7. The second kappa shape index (κ2) is 8.02. The molecule has 2 N–H and O–H groups in total. The first-order chi connectivity index (χ1) is 15.1. The van der Waals surface area contributed by atoms with Crippen molar-refractivity contribution in [2.24, 2.45) is 4.99 Å². The lowest BCUT2D eigenvalue weighted by atomic mass is 9.95. The summed E-state index contributed by atoms with van der Waals surface area (Å²) in [6.45, 7) is 0.418. The van der Waals surface area contributed by atoms with Gasteiger partial charge in [-0.3, -0.25) is 4.99 Å². The van der Waals surface area contributed by atoms with Crippen molar-refractivity contribution in [2.45, 2.75) is 6.54 Å². The Morgan fingerprint density at radius 3 is 2.48 bits per heavy atom. The minimum Gasteiger partial charge on any atom is -0.508 e. The van der Waals surface area contributed by atoms with Gasteiger partial charge >= 0.3 is 0 Å². The van der Waals surface area contributed by atoms with Gasteiger partial charge in [0.2, 0.25) is 5.95 Å². The monoisotopic (exact) mass is 446 g/mol. The first-order valence-electron chi connectivity index (χ1n) is 9.60. The normalized spacial score (nSPS) is 12.4. The van der Waals surface area contributed by atoms with Crippen LogP contribution in [0.15, 0.2) is 77.9 Å². The van der Waals surface area contributed by atoms with Crippen LogP contribution in [0, 0.1) is 0 Å². The van der Waals surface area contributed by atoms with Crippen molar-refractivity contribution in [3.63, 3.8) is 0 Å². The van der Waals surface area contributed by atoms with E-state index >= 15 is 0 Å². The van der Waals surface area contributed by atoms with Crippen molar-refractivity contribution in [1.29, 1.82) is 0 Å². The molecule has 0 atom stereocenters. The zero-order valence-electron chi connectivity index (χ0n) is 16.2. The first-order valence-corrected chi connectivity index (χ1v) is 10.4. The van der Waals surface area contributed by atoms with Crippen molar-refractivity contribution in [2.75, 3.05) is 5.32 Å². The van der Waals surface area contributed by atoms with Crippen LogP contribution in [0.5, 0.6) is 5.75 Å². The van der Waals surface area contributed by atoms with Crippen LogP contribution in [-0.2, 0) is 6.54 Å². The van der Waals surface area contributed by atoms with Gasteiger partial charge in [0.05, 0.1) is 18.0 Å². The van der Waals surface area contributed by atoms with E-state index in [4.69, 9.17) is 33.2 Å². The van der Waals surface area contributed by atoms with Crippen LogP contribution in [-0.4, -0.2) is 20.8 Å². The molecule has 5 rings (SSSR count). The maximum absolute atomic E-state index is 9.49. The fraction of sp³-hybridized carbons (Fsp3) is 0.0417. The van der Waals surface area contributed by atoms with E-state index in [2.05, 4.69) is 10.3 Å². The van der Waals surface area contributed by atoms with Gasteiger partial charge in [0.15, 0.2) is 0 Å². The number of halogens is 2. The number of rotatable bonds is 3. The Hall–Kier alpha value is -3.41. The molecule has 1 aliphatic rings. The van der Waals surface area contributed by atoms with Gasteiger partial charge in [0.1, 0.15) is 5.75 Å². The highest BCUT2D eigenvalue weighted by Gasteiger charge is 2.22. The van der Waals surface area contributed by atoms with Crippen LogP contribution in [0.2, 0.25) is 10.0 Å². The third-order valence-electron chi connectivity index (χ3n) is 5.02. The molecule has 0 spiro atoms. The van der Waals surface area contributed by atoms with Crippen LogP contribution < -0.4 is 5.32 Å². The third kappa shape index (κ3) is 3.85. The van der Waals surface area contributed by atoms with E-state index in [1.54, 1.807) is 30.5 Å². The maximum Gasteiger partial charge on any atom is 0.227 e. The van der Waals surface area contributed by atoms with Gasteiger partial charge in [-0.2, -0.15) is 0 Å². The molecular formula is C24H16Cl2N4O. The number of aromatic hydroxyl groups is 1. The summed E-state index contributed by atoms with van der Waals surface area (Å²) in [6, 6.07) is 20.0. The number of benzene rings is 3. The predicted molar refractivity (Wildman–Crippen MR) is 125 cm³/mol. The second-order valence-corrected chi connectivity index (χ2v) is 7.92. The van der Waals surface area contributed by atoms with Crippen LogP contribution in [0.3, 0.4) is 0 Å². The summed E-state index contributed by atoms with van der Waals surface area (Å²) in [6.07, 6.45) is 1.78. The summed E-state index contributed by atoms with van der Waals surface area (Å²) in [4.78, 5) is 14.1. The van der Waals surface area contributed by atoms with E-state index in [1.165, 1.54) is 0 Å². The van der Waals surface area contributed by atoms with E-state index in [0.29, 0.717) is 22.5 Å². The number of aliphatic imine (C=N–C) groups is 1. The summed E-state index contributed by atoms with van der Waals surface area (Å²) in [5.41, 5.74) is 5.86. The molecule has 4 aromatic rings. The maximum atomic E-state index is 9.49. The van der Waals surface area contributed by atoms with Crippen molar-refractivity contribution < 1.29 is 5.11 Å². The summed E-state index contributed by atoms with van der Waals surface area (Å²) in [5.74, 6) is 0.648. The molecule has 1 aliphatic heterocycles. The van der Waals surface area contributed by atoms with Gasteiger partial charge in [0.25, 0.3) is 0 Å². The minimum atomic E-state index is 0.198. The van der Waals surface area contributed by atoms with E-state index in [1.807, 2.05) is 42.5 Å². The molecule has 0 aliphatic carbocycles. The summed E-state index contributed by atoms with van der Waals surface area (Å²) >= 11 is 12.8. The summed E-state index contributed by atoms with van der Waals surface area (Å²) in [5, 5.41) is 13.9. The van der Waals surface area contributed by atoms with Crippen LogP contribution in [0.1, 0.15) is 16.7 Å². The molecule has 7 heteroatoms. The van der Waals surface area contributed by atoms with Gasteiger partial charge in [-0.25, -0.2) is 9.97 Å². The Balaban J connectivity index is 1.62. The Bertz CT molecular complexity index is 1320. The van der Waals surface area contributed by atoms with Crippen LogP contribution in [0.25, 0.3) is 11.3 Å². The highest BCUT2D eigenvalue weighted by Crippen LogP contribution is 2.35. The molecule has 5 nitrogen and oxygen atoms in total. The molecule has 152 valence electrons. The Kier molecular flexibility index (Phi) is 5.06. The van der Waals surface area contributed by atoms with Gasteiger partial charge in [-0.1, -0.05) is 47.5 Å². The van der Waals surface area contributed by atoms with E-state index in [0.717, 1.165) is 39.3 Å². The van der Waals surface area contributed by atoms with Crippen molar-refractivity contribution in [3.8, 4) is 17.0 Å². The number of phenolic OH excluding ortho intramolecular Hbond substituents is 1. The molecule has 0 unspecified atom stereocenters. The number of anilines is 2. The smallest absolute Gasteiger partial charge is 0.227 e. The van der Waals surface area contributed by atoms with Gasteiger partial charge in [0, 0.05) is 44.2 Å². The predicted octanol–water partition coefficient (Wildman–Crippen LogP) is 6.25. The Labute approximate surface area is 189 Å². The standard InChI is InChI=1S/C24H16Cl2N4O/c25-15-5-10-18-20(11-15)23(19-3-1-2-4-21(19)26)27-12-14-13-28-24(30-22(14)18)29-16-6-8-17(31)9-7-16/h1-11,13,31H,12H2,(H,28,29,30). The average molecular weight is 447 g/mol. The molecular weight excluding hydrogens is 431 g/mol. The fourth-order valence-corrected chi connectivity index (χ4v) is 3.94. The number of hydrogen-bond donors (Lipinski definition) is 2. The lowest BCUT2D eigenvalue weighted by Gasteiger charge is -2.13. The summed E-state index contributed by atoms with van der Waals surface area (Å²) in [7, 11) is 0. The van der Waals surface area contributed by atoms with Crippen molar-refractivity contribution in [1.82, 2.24) is 9.97 Å². The first kappa shape index (κ1) is 19.5. The minimum absolute atomic E-state index is 0.198. The number of nitrogens with one attached hydrogen (secondary N) is 1. The number of fused-ring (bicyclic) bond motifs is 3. The number of phenols is 1. The third-order valence-corrected chi connectivity index (χ3v) is 5.58. The van der Waals surface area contributed by atoms with Crippen molar-refractivity contribution in [3.05, 3.63) is 99.7 Å². The van der Waals surface area contributed by atoms with Crippen LogP contribution >= 0.6 is 23.2 Å². The van der Waals surface area contributed by atoms with Gasteiger partial charge in [-0.15, -0.1) is 0 Å². The molecule has 1 aromatic heterocycles. The lowest BCUT2D eigenvalue weighted by Crippen LogP contribution is -2.06. The van der Waals surface area contributed by atoms with E-state index in [9.17, 15) is 5.11 Å². The molecule has 0 radical (unpaired) electrons. The number of hydrogen-bond acceptors (Lipinski definition) is 5.